The zero-order chi connectivity index (χ0) is 17.1. The lowest BCUT2D eigenvalue weighted by Crippen LogP contribution is -2.66. The van der Waals surface area contributed by atoms with Crippen molar-refractivity contribution in [2.24, 2.45) is 22.7 Å². The van der Waals surface area contributed by atoms with Crippen molar-refractivity contribution in [3.63, 3.8) is 0 Å². The van der Waals surface area contributed by atoms with Gasteiger partial charge in [0.2, 0.25) is 0 Å². The van der Waals surface area contributed by atoms with Crippen LogP contribution in [0.4, 0.5) is 0 Å². The largest absolute Gasteiger partial charge is 0.396 e. The molecule has 1 spiro atoms. The third kappa shape index (κ3) is 2.19. The van der Waals surface area contributed by atoms with Crippen LogP contribution in [0.25, 0.3) is 0 Å². The summed E-state index contributed by atoms with van der Waals surface area (Å²) in [6.07, 6.45) is 6.96. The normalized spacial score (nSPS) is 56.7. The van der Waals surface area contributed by atoms with E-state index in [4.69, 9.17) is 4.74 Å². The molecule has 3 heteroatoms. The molecule has 0 radical (unpaired) electrons. The fourth-order valence-electron chi connectivity index (χ4n) is 6.47. The van der Waals surface area contributed by atoms with Gasteiger partial charge in [0, 0.05) is 10.8 Å². The highest BCUT2D eigenvalue weighted by molar-refractivity contribution is 5.16. The minimum atomic E-state index is -0.394. The average molecular weight is 325 g/mol. The van der Waals surface area contributed by atoms with Crippen molar-refractivity contribution in [3.8, 4) is 0 Å². The van der Waals surface area contributed by atoms with Gasteiger partial charge in [-0.2, -0.15) is 0 Å². The molecule has 3 fully saturated rings. The summed E-state index contributed by atoms with van der Waals surface area (Å²) in [7, 11) is 0. The second kappa shape index (κ2) is 5.44. The summed E-state index contributed by atoms with van der Waals surface area (Å²) in [5.41, 5.74) is -0.439. The molecule has 0 aromatic heterocycles. The Kier molecular flexibility index (Phi) is 4.18. The Morgan fingerprint density at radius 2 is 1.74 bits per heavy atom. The fourth-order valence-corrected chi connectivity index (χ4v) is 6.47. The molecule has 134 valence electrons. The third-order valence-corrected chi connectivity index (χ3v) is 8.46. The van der Waals surface area contributed by atoms with E-state index in [-0.39, 0.29) is 23.2 Å². The number of hydrogen-bond donors (Lipinski definition) is 2. The van der Waals surface area contributed by atoms with E-state index in [2.05, 4.69) is 34.6 Å². The van der Waals surface area contributed by atoms with E-state index in [0.717, 1.165) is 44.9 Å². The number of ether oxygens (including phenoxy) is 1. The van der Waals surface area contributed by atoms with Gasteiger partial charge >= 0.3 is 0 Å². The molecule has 0 aromatic carbocycles. The Hall–Kier alpha value is -0.120. The number of rotatable bonds is 2. The lowest BCUT2D eigenvalue weighted by atomic mass is 9.43. The molecule has 3 nitrogen and oxygen atoms in total. The van der Waals surface area contributed by atoms with Crippen LogP contribution in [0, 0.1) is 22.7 Å². The quantitative estimate of drug-likeness (QED) is 0.809. The number of hydrogen-bond acceptors (Lipinski definition) is 3. The second-order valence-corrected chi connectivity index (χ2v) is 9.46. The van der Waals surface area contributed by atoms with E-state index < -0.39 is 11.5 Å². The maximum Gasteiger partial charge on any atom is 0.0772 e. The van der Waals surface area contributed by atoms with Gasteiger partial charge in [0.1, 0.15) is 0 Å². The molecule has 1 heterocycles. The molecule has 7 atom stereocenters. The third-order valence-electron chi connectivity index (χ3n) is 8.46. The minimum Gasteiger partial charge on any atom is -0.396 e. The molecule has 2 saturated carbocycles. The molecule has 0 amide bonds. The summed E-state index contributed by atoms with van der Waals surface area (Å²) in [5.74, 6) is 0.884. The molecule has 0 aromatic rings. The van der Waals surface area contributed by atoms with Crippen LogP contribution in [0.15, 0.2) is 0 Å². The van der Waals surface area contributed by atoms with E-state index in [0.29, 0.717) is 11.8 Å². The predicted molar refractivity (Wildman–Crippen MR) is 92.2 cm³/mol. The summed E-state index contributed by atoms with van der Waals surface area (Å²) in [6.45, 7) is 11.4. The summed E-state index contributed by atoms with van der Waals surface area (Å²) in [5, 5.41) is 20.7. The lowest BCUT2D eigenvalue weighted by molar-refractivity contribution is -0.265. The second-order valence-electron chi connectivity index (χ2n) is 9.46. The van der Waals surface area contributed by atoms with E-state index >= 15 is 0 Å². The van der Waals surface area contributed by atoms with Crippen LogP contribution in [0.2, 0.25) is 0 Å². The van der Waals surface area contributed by atoms with Crippen LogP contribution in [0.5, 0.6) is 0 Å². The number of aliphatic hydroxyl groups is 2. The zero-order valence-electron chi connectivity index (χ0n) is 15.7. The van der Waals surface area contributed by atoms with Crippen LogP contribution >= 0.6 is 0 Å². The fraction of sp³-hybridized carbons (Fsp3) is 1.00. The molecule has 3 rings (SSSR count). The Balaban J connectivity index is 2.04. The molecule has 23 heavy (non-hydrogen) atoms. The maximum atomic E-state index is 10.6. The molecule has 1 aliphatic heterocycles. The minimum absolute atomic E-state index is 0.00909. The van der Waals surface area contributed by atoms with Crippen LogP contribution < -0.4 is 0 Å². The summed E-state index contributed by atoms with van der Waals surface area (Å²) in [4.78, 5) is 0. The zero-order valence-corrected chi connectivity index (χ0v) is 15.7. The first-order valence-corrected chi connectivity index (χ1v) is 9.66. The van der Waals surface area contributed by atoms with Gasteiger partial charge in [-0.05, 0) is 63.7 Å². The van der Waals surface area contributed by atoms with Crippen molar-refractivity contribution in [1.82, 2.24) is 0 Å². The smallest absolute Gasteiger partial charge is 0.0772 e. The van der Waals surface area contributed by atoms with Gasteiger partial charge in [-0.15, -0.1) is 0 Å². The van der Waals surface area contributed by atoms with E-state index in [9.17, 15) is 10.2 Å². The molecule has 2 aliphatic carbocycles. The molecule has 2 unspecified atom stereocenters. The summed E-state index contributed by atoms with van der Waals surface area (Å²) < 4.78 is 6.92. The van der Waals surface area contributed by atoms with Crippen molar-refractivity contribution in [2.75, 3.05) is 6.61 Å². The van der Waals surface area contributed by atoms with Crippen LogP contribution in [-0.2, 0) is 4.74 Å². The van der Waals surface area contributed by atoms with Crippen molar-refractivity contribution in [2.45, 2.75) is 96.9 Å². The molecule has 2 N–H and O–H groups in total. The van der Waals surface area contributed by atoms with Crippen molar-refractivity contribution in [1.29, 1.82) is 0 Å². The highest BCUT2D eigenvalue weighted by atomic mass is 16.5. The topological polar surface area (TPSA) is 49.7 Å². The van der Waals surface area contributed by atoms with Crippen molar-refractivity contribution >= 4 is 0 Å². The Labute approximate surface area is 141 Å². The van der Waals surface area contributed by atoms with Crippen molar-refractivity contribution < 1.29 is 14.9 Å². The lowest BCUT2D eigenvalue weighted by Gasteiger charge is -2.65. The van der Waals surface area contributed by atoms with Gasteiger partial charge in [0.05, 0.1) is 23.9 Å². The summed E-state index contributed by atoms with van der Waals surface area (Å²) in [6, 6.07) is 0. The molecular weight excluding hydrogens is 288 g/mol. The van der Waals surface area contributed by atoms with Crippen molar-refractivity contribution in [3.05, 3.63) is 0 Å². The van der Waals surface area contributed by atoms with E-state index in [1.807, 2.05) is 0 Å². The SMILES string of the molecule is CC[C@@]1(C)CC[C@@]2(O1)[C@@H](C)CC[C@H]1C(C)(CO)C(O)CC[C@@]12C. The van der Waals surface area contributed by atoms with E-state index in [1.54, 1.807) is 0 Å². The van der Waals surface area contributed by atoms with Gasteiger partial charge in [0.25, 0.3) is 0 Å². The monoisotopic (exact) mass is 324 g/mol. The Morgan fingerprint density at radius 3 is 2.30 bits per heavy atom. The highest BCUT2D eigenvalue weighted by Crippen LogP contribution is 2.67. The first-order valence-electron chi connectivity index (χ1n) is 9.66. The van der Waals surface area contributed by atoms with Gasteiger partial charge in [0.15, 0.2) is 0 Å². The van der Waals surface area contributed by atoms with Crippen LogP contribution in [0.1, 0.15) is 79.6 Å². The molecule has 3 aliphatic rings. The first-order chi connectivity index (χ1) is 10.7. The standard InChI is InChI=1S/C20H36O3/c1-6-17(3)11-12-20(23-17)14(2)7-8-15-18(4,13-21)16(22)9-10-19(15,20)5/h14-16,21-22H,6-13H2,1-5H3/t14-,15-,16?,17-,18?,19-,20+/m0/s1. The van der Waals surface area contributed by atoms with E-state index in [1.165, 1.54) is 0 Å². The van der Waals surface area contributed by atoms with Gasteiger partial charge < -0.3 is 14.9 Å². The maximum absolute atomic E-state index is 10.6. The van der Waals surface area contributed by atoms with Gasteiger partial charge in [-0.3, -0.25) is 0 Å². The van der Waals surface area contributed by atoms with Gasteiger partial charge in [-0.1, -0.05) is 27.7 Å². The Bertz CT molecular complexity index is 466. The molecular formula is C20H36O3. The number of aliphatic hydroxyl groups excluding tert-OH is 2. The molecule has 0 bridgehead atoms. The van der Waals surface area contributed by atoms with Crippen LogP contribution in [0.3, 0.4) is 0 Å². The number of fused-ring (bicyclic) bond motifs is 2. The summed E-state index contributed by atoms with van der Waals surface area (Å²) >= 11 is 0. The average Bonchev–Trinajstić information content (AvgIpc) is 2.90. The predicted octanol–water partition coefficient (Wildman–Crippen LogP) is 3.91. The van der Waals surface area contributed by atoms with Gasteiger partial charge in [-0.25, -0.2) is 0 Å². The molecule has 1 saturated heterocycles. The highest BCUT2D eigenvalue weighted by Gasteiger charge is 2.68. The van der Waals surface area contributed by atoms with Crippen LogP contribution in [-0.4, -0.2) is 34.1 Å². The first kappa shape index (κ1) is 17.7. The Morgan fingerprint density at radius 1 is 1.04 bits per heavy atom.